The third-order valence-electron chi connectivity index (χ3n) is 2.78. The van der Waals surface area contributed by atoms with Gasteiger partial charge in [-0.05, 0) is 36.9 Å². The largest absolute Gasteiger partial charge is 0.309 e. The van der Waals surface area contributed by atoms with E-state index in [1.165, 1.54) is 5.56 Å². The number of rotatable bonds is 6. The lowest BCUT2D eigenvalue weighted by atomic mass is 10.2. The predicted molar refractivity (Wildman–Crippen MR) is 78.2 cm³/mol. The number of thioether (sulfide) groups is 1. The quantitative estimate of drug-likeness (QED) is 0.867. The third kappa shape index (κ3) is 3.62. The molecule has 0 saturated carbocycles. The Kier molecular flexibility index (Phi) is 4.84. The number of benzene rings is 1. The molecule has 1 aromatic heterocycles. The summed E-state index contributed by atoms with van der Waals surface area (Å²) >= 11 is 1.87. The van der Waals surface area contributed by atoms with Gasteiger partial charge in [-0.1, -0.05) is 12.1 Å². The van der Waals surface area contributed by atoms with Crippen LogP contribution in [0.25, 0.3) is 5.69 Å². The standard InChI is InChI=1S/C14H19N3S/c1-12(11-18-2)15-10-13-4-6-14(7-5-13)17-9-3-8-16-17/h3-9,12,15H,10-11H2,1-2H3. The van der Waals surface area contributed by atoms with E-state index in [1.54, 1.807) is 6.20 Å². The van der Waals surface area contributed by atoms with Gasteiger partial charge in [-0.25, -0.2) is 4.68 Å². The molecule has 0 aliphatic rings. The minimum absolute atomic E-state index is 0.547. The maximum Gasteiger partial charge on any atom is 0.0645 e. The summed E-state index contributed by atoms with van der Waals surface area (Å²) in [5.74, 6) is 1.14. The van der Waals surface area contributed by atoms with E-state index >= 15 is 0 Å². The van der Waals surface area contributed by atoms with Gasteiger partial charge in [-0.2, -0.15) is 16.9 Å². The van der Waals surface area contributed by atoms with Gasteiger partial charge in [-0.15, -0.1) is 0 Å². The van der Waals surface area contributed by atoms with Gasteiger partial charge in [0.1, 0.15) is 0 Å². The van der Waals surface area contributed by atoms with Crippen molar-refractivity contribution in [1.82, 2.24) is 15.1 Å². The van der Waals surface area contributed by atoms with Crippen LogP contribution >= 0.6 is 11.8 Å². The fourth-order valence-corrected chi connectivity index (χ4v) is 2.41. The highest BCUT2D eigenvalue weighted by atomic mass is 32.2. The Morgan fingerprint density at radius 3 is 2.72 bits per heavy atom. The molecule has 0 bridgehead atoms. The van der Waals surface area contributed by atoms with Gasteiger partial charge in [-0.3, -0.25) is 0 Å². The summed E-state index contributed by atoms with van der Waals surface area (Å²) in [5, 5.41) is 7.72. The second-order valence-corrected chi connectivity index (χ2v) is 5.27. The Morgan fingerprint density at radius 2 is 2.11 bits per heavy atom. The van der Waals surface area contributed by atoms with Crippen LogP contribution in [-0.4, -0.2) is 27.8 Å². The molecule has 18 heavy (non-hydrogen) atoms. The summed E-state index contributed by atoms with van der Waals surface area (Å²) in [4.78, 5) is 0. The van der Waals surface area contributed by atoms with Crippen LogP contribution in [0.5, 0.6) is 0 Å². The van der Waals surface area contributed by atoms with E-state index in [2.05, 4.69) is 47.9 Å². The van der Waals surface area contributed by atoms with Crippen LogP contribution in [-0.2, 0) is 6.54 Å². The minimum atomic E-state index is 0.547. The van der Waals surface area contributed by atoms with E-state index in [0.717, 1.165) is 18.0 Å². The van der Waals surface area contributed by atoms with E-state index in [1.807, 2.05) is 28.7 Å². The molecule has 2 rings (SSSR count). The van der Waals surface area contributed by atoms with Crippen molar-refractivity contribution >= 4 is 11.8 Å². The van der Waals surface area contributed by atoms with Crippen molar-refractivity contribution in [1.29, 1.82) is 0 Å². The van der Waals surface area contributed by atoms with E-state index in [9.17, 15) is 0 Å². The molecular weight excluding hydrogens is 242 g/mol. The van der Waals surface area contributed by atoms with Gasteiger partial charge in [0.15, 0.2) is 0 Å². The van der Waals surface area contributed by atoms with Crippen molar-refractivity contribution < 1.29 is 0 Å². The number of aromatic nitrogens is 2. The lowest BCUT2D eigenvalue weighted by Crippen LogP contribution is -2.27. The zero-order valence-corrected chi connectivity index (χ0v) is 11.7. The van der Waals surface area contributed by atoms with Gasteiger partial charge in [0, 0.05) is 30.7 Å². The first kappa shape index (κ1) is 13.2. The molecule has 96 valence electrons. The number of nitrogens with one attached hydrogen (secondary N) is 1. The highest BCUT2D eigenvalue weighted by Gasteiger charge is 2.01. The summed E-state index contributed by atoms with van der Waals surface area (Å²) in [6.45, 7) is 3.13. The van der Waals surface area contributed by atoms with Gasteiger partial charge in [0.2, 0.25) is 0 Å². The molecular formula is C14H19N3S. The summed E-state index contributed by atoms with van der Waals surface area (Å²) in [6, 6.07) is 11.0. The van der Waals surface area contributed by atoms with Crippen LogP contribution in [0.2, 0.25) is 0 Å². The van der Waals surface area contributed by atoms with Crippen molar-refractivity contribution in [3.05, 3.63) is 48.3 Å². The summed E-state index contributed by atoms with van der Waals surface area (Å²) in [5.41, 5.74) is 2.40. The van der Waals surface area contributed by atoms with Gasteiger partial charge >= 0.3 is 0 Å². The smallest absolute Gasteiger partial charge is 0.0645 e. The molecule has 3 nitrogen and oxygen atoms in total. The van der Waals surface area contributed by atoms with Crippen LogP contribution < -0.4 is 5.32 Å². The second kappa shape index (κ2) is 6.61. The van der Waals surface area contributed by atoms with Gasteiger partial charge < -0.3 is 5.32 Å². The van der Waals surface area contributed by atoms with Crippen LogP contribution in [0.3, 0.4) is 0 Å². The normalized spacial score (nSPS) is 12.6. The average molecular weight is 261 g/mol. The number of hydrogen-bond donors (Lipinski definition) is 1. The van der Waals surface area contributed by atoms with Crippen molar-refractivity contribution in [3.8, 4) is 5.69 Å². The topological polar surface area (TPSA) is 29.9 Å². The summed E-state index contributed by atoms with van der Waals surface area (Å²) < 4.78 is 1.87. The fourth-order valence-electron chi connectivity index (χ4n) is 1.79. The van der Waals surface area contributed by atoms with Crippen molar-refractivity contribution in [2.24, 2.45) is 0 Å². The fraction of sp³-hybridized carbons (Fsp3) is 0.357. The van der Waals surface area contributed by atoms with Crippen LogP contribution in [0.4, 0.5) is 0 Å². The molecule has 1 aromatic carbocycles. The summed E-state index contributed by atoms with van der Waals surface area (Å²) in [6.07, 6.45) is 5.88. The molecule has 2 aromatic rings. The minimum Gasteiger partial charge on any atom is -0.309 e. The Bertz CT molecular complexity index is 450. The van der Waals surface area contributed by atoms with Gasteiger partial charge in [0.05, 0.1) is 5.69 Å². The maximum absolute atomic E-state index is 4.21. The monoisotopic (exact) mass is 261 g/mol. The van der Waals surface area contributed by atoms with E-state index < -0.39 is 0 Å². The second-order valence-electron chi connectivity index (χ2n) is 4.35. The molecule has 1 heterocycles. The van der Waals surface area contributed by atoms with E-state index in [-0.39, 0.29) is 0 Å². The zero-order valence-electron chi connectivity index (χ0n) is 10.8. The molecule has 0 radical (unpaired) electrons. The number of nitrogens with zero attached hydrogens (tertiary/aromatic N) is 2. The first-order chi connectivity index (χ1) is 8.79. The van der Waals surface area contributed by atoms with Crippen molar-refractivity contribution in [2.45, 2.75) is 19.5 Å². The molecule has 0 aliphatic carbocycles. The SMILES string of the molecule is CSCC(C)NCc1ccc(-n2cccn2)cc1. The number of hydrogen-bond acceptors (Lipinski definition) is 3. The molecule has 0 aliphatic heterocycles. The maximum atomic E-state index is 4.21. The highest BCUT2D eigenvalue weighted by Crippen LogP contribution is 2.09. The molecule has 0 spiro atoms. The molecule has 1 atom stereocenters. The van der Waals surface area contributed by atoms with Crippen LogP contribution in [0.15, 0.2) is 42.7 Å². The van der Waals surface area contributed by atoms with E-state index in [4.69, 9.17) is 0 Å². The van der Waals surface area contributed by atoms with Crippen molar-refractivity contribution in [3.63, 3.8) is 0 Å². The Balaban J connectivity index is 1.92. The molecule has 1 unspecified atom stereocenters. The molecule has 4 heteroatoms. The third-order valence-corrected chi connectivity index (χ3v) is 3.61. The zero-order chi connectivity index (χ0) is 12.8. The Labute approximate surface area is 113 Å². The molecule has 0 fully saturated rings. The lowest BCUT2D eigenvalue weighted by Gasteiger charge is -2.12. The Hall–Kier alpha value is -1.26. The van der Waals surface area contributed by atoms with E-state index in [0.29, 0.717) is 6.04 Å². The highest BCUT2D eigenvalue weighted by molar-refractivity contribution is 7.98. The first-order valence-electron chi connectivity index (χ1n) is 6.11. The van der Waals surface area contributed by atoms with Gasteiger partial charge in [0.25, 0.3) is 0 Å². The van der Waals surface area contributed by atoms with Crippen molar-refractivity contribution in [2.75, 3.05) is 12.0 Å². The average Bonchev–Trinajstić information content (AvgIpc) is 2.91. The molecule has 0 amide bonds. The lowest BCUT2D eigenvalue weighted by molar-refractivity contribution is 0.596. The van der Waals surface area contributed by atoms with Crippen LogP contribution in [0.1, 0.15) is 12.5 Å². The molecule has 1 N–H and O–H groups in total. The Morgan fingerprint density at radius 1 is 1.33 bits per heavy atom. The summed E-state index contributed by atoms with van der Waals surface area (Å²) in [7, 11) is 0. The molecule has 0 saturated heterocycles. The first-order valence-corrected chi connectivity index (χ1v) is 7.50. The van der Waals surface area contributed by atoms with Crippen LogP contribution in [0, 0.1) is 0 Å². The predicted octanol–water partition coefficient (Wildman–Crippen LogP) is 2.71.